The summed E-state index contributed by atoms with van der Waals surface area (Å²) < 4.78 is 0. The Labute approximate surface area is 207 Å². The van der Waals surface area contributed by atoms with E-state index in [1.807, 2.05) is 37.3 Å². The van der Waals surface area contributed by atoms with E-state index in [0.29, 0.717) is 18.9 Å². The van der Waals surface area contributed by atoms with Crippen molar-refractivity contribution >= 4 is 40.0 Å². The lowest BCUT2D eigenvalue weighted by Gasteiger charge is -2.35. The highest BCUT2D eigenvalue weighted by Crippen LogP contribution is 2.25. The van der Waals surface area contributed by atoms with Gasteiger partial charge in [-0.25, -0.2) is 9.97 Å². The first-order chi connectivity index (χ1) is 16.3. The van der Waals surface area contributed by atoms with Gasteiger partial charge in [0.2, 0.25) is 11.9 Å². The normalized spacial score (nSPS) is 14.7. The van der Waals surface area contributed by atoms with E-state index in [9.17, 15) is 4.79 Å². The molecule has 1 aliphatic rings. The Kier molecular flexibility index (Phi) is 7.69. The van der Waals surface area contributed by atoms with Gasteiger partial charge in [0.25, 0.3) is 0 Å². The molecule has 0 saturated carbocycles. The Morgan fingerprint density at radius 3 is 2.59 bits per heavy atom. The molecule has 1 N–H and O–H groups in total. The van der Waals surface area contributed by atoms with Gasteiger partial charge in [0, 0.05) is 41.6 Å². The largest absolute Gasteiger partial charge is 0.341 e. The summed E-state index contributed by atoms with van der Waals surface area (Å²) in [6, 6.07) is 12.5. The molecule has 34 heavy (non-hydrogen) atoms. The highest BCUT2D eigenvalue weighted by atomic mass is 35.5. The fourth-order valence-electron chi connectivity index (χ4n) is 4.55. The number of rotatable bonds is 7. The summed E-state index contributed by atoms with van der Waals surface area (Å²) in [7, 11) is 4.29. The lowest BCUT2D eigenvalue weighted by Crippen LogP contribution is -2.42. The van der Waals surface area contributed by atoms with Crippen LogP contribution in [0.1, 0.15) is 43.0 Å². The lowest BCUT2D eigenvalue weighted by molar-refractivity contribution is -0.116. The SMILES string of the molecule is CCc1ccc(CCC(=O)Nc2ccc3nc(N4CCC(N(C)C)CC4)nc(C)c3c2)c(Cl)c1. The molecule has 0 aliphatic carbocycles. The standard InChI is InChI=1S/C27H34ClN5O/c1-5-19-6-7-20(24(28)16-19)8-11-26(34)30-21-9-10-25-23(17-21)18(2)29-27(31-25)33-14-12-22(13-15-33)32(3)4/h6-7,9-10,16-17,22H,5,8,11-15H2,1-4H3,(H,30,34). The highest BCUT2D eigenvalue weighted by molar-refractivity contribution is 6.31. The zero-order chi connectivity index (χ0) is 24.2. The first-order valence-electron chi connectivity index (χ1n) is 12.1. The number of carbonyl (C=O) groups is 1. The first kappa shape index (κ1) is 24.4. The topological polar surface area (TPSA) is 61.4 Å². The third-order valence-electron chi connectivity index (χ3n) is 6.78. The molecule has 2 heterocycles. The van der Waals surface area contributed by atoms with Crippen molar-refractivity contribution in [1.82, 2.24) is 14.9 Å². The molecular formula is C27H34ClN5O. The predicted molar refractivity (Wildman–Crippen MR) is 141 cm³/mol. The van der Waals surface area contributed by atoms with Crippen LogP contribution in [0.3, 0.4) is 0 Å². The predicted octanol–water partition coefficient (Wildman–Crippen LogP) is 5.26. The minimum atomic E-state index is -0.0334. The molecule has 0 atom stereocenters. The number of carbonyl (C=O) groups excluding carboxylic acids is 1. The number of fused-ring (bicyclic) bond motifs is 1. The third kappa shape index (κ3) is 5.68. The van der Waals surface area contributed by atoms with Gasteiger partial charge in [-0.2, -0.15) is 0 Å². The second-order valence-corrected chi connectivity index (χ2v) is 9.76. The molecule has 3 aromatic rings. The maximum Gasteiger partial charge on any atom is 0.226 e. The molecular weight excluding hydrogens is 446 g/mol. The van der Waals surface area contributed by atoms with Crippen molar-refractivity contribution in [2.24, 2.45) is 0 Å². The molecule has 0 spiro atoms. The number of halogens is 1. The maximum atomic E-state index is 12.6. The quantitative estimate of drug-likeness (QED) is 0.501. The van der Waals surface area contributed by atoms with E-state index in [2.05, 4.69) is 42.2 Å². The molecule has 6 nitrogen and oxygen atoms in total. The van der Waals surface area contributed by atoms with Crippen LogP contribution in [-0.4, -0.2) is 54.0 Å². The summed E-state index contributed by atoms with van der Waals surface area (Å²) in [6.07, 6.45) is 4.17. The smallest absolute Gasteiger partial charge is 0.226 e. The molecule has 2 aromatic carbocycles. The van der Waals surface area contributed by atoms with Crippen LogP contribution in [0.25, 0.3) is 10.9 Å². The number of hydrogen-bond acceptors (Lipinski definition) is 5. The van der Waals surface area contributed by atoms with Gasteiger partial charge in [-0.15, -0.1) is 0 Å². The summed E-state index contributed by atoms with van der Waals surface area (Å²) in [5, 5.41) is 4.70. The monoisotopic (exact) mass is 479 g/mol. The highest BCUT2D eigenvalue weighted by Gasteiger charge is 2.22. The summed E-state index contributed by atoms with van der Waals surface area (Å²) >= 11 is 6.37. The van der Waals surface area contributed by atoms with Crippen LogP contribution < -0.4 is 10.2 Å². The van der Waals surface area contributed by atoms with Crippen molar-refractivity contribution in [3.05, 3.63) is 58.2 Å². The molecule has 0 bridgehead atoms. The fraction of sp³-hybridized carbons (Fsp3) is 0.444. The van der Waals surface area contributed by atoms with Gasteiger partial charge in [0.1, 0.15) is 0 Å². The van der Waals surface area contributed by atoms with Crippen molar-refractivity contribution < 1.29 is 4.79 Å². The summed E-state index contributed by atoms with van der Waals surface area (Å²) in [5.74, 6) is 0.763. The summed E-state index contributed by atoms with van der Waals surface area (Å²) in [5.41, 5.74) is 4.79. The minimum Gasteiger partial charge on any atom is -0.341 e. The molecule has 0 radical (unpaired) electrons. The van der Waals surface area contributed by atoms with Crippen molar-refractivity contribution in [3.8, 4) is 0 Å². The van der Waals surface area contributed by atoms with Crippen LogP contribution in [0.5, 0.6) is 0 Å². The van der Waals surface area contributed by atoms with Crippen molar-refractivity contribution in [1.29, 1.82) is 0 Å². The number of aryl methyl sites for hydroxylation is 3. The Bertz CT molecular complexity index is 1170. The Morgan fingerprint density at radius 2 is 1.91 bits per heavy atom. The van der Waals surface area contributed by atoms with Crippen molar-refractivity contribution in [3.63, 3.8) is 0 Å². The second-order valence-electron chi connectivity index (χ2n) is 9.35. The van der Waals surface area contributed by atoms with E-state index < -0.39 is 0 Å². The van der Waals surface area contributed by atoms with Gasteiger partial charge in [-0.1, -0.05) is 30.7 Å². The number of amides is 1. The molecule has 1 amide bonds. The molecule has 4 rings (SSSR count). The molecule has 1 aromatic heterocycles. The third-order valence-corrected chi connectivity index (χ3v) is 7.13. The minimum absolute atomic E-state index is 0.0334. The summed E-state index contributed by atoms with van der Waals surface area (Å²) in [4.78, 5) is 26.8. The van der Waals surface area contributed by atoms with E-state index in [0.717, 1.165) is 71.2 Å². The average molecular weight is 480 g/mol. The van der Waals surface area contributed by atoms with E-state index >= 15 is 0 Å². The maximum absolute atomic E-state index is 12.6. The van der Waals surface area contributed by atoms with Crippen LogP contribution in [0.15, 0.2) is 36.4 Å². The van der Waals surface area contributed by atoms with Crippen LogP contribution in [-0.2, 0) is 17.6 Å². The van der Waals surface area contributed by atoms with Gasteiger partial charge < -0.3 is 15.1 Å². The Hall–Kier alpha value is -2.70. The van der Waals surface area contributed by atoms with Gasteiger partial charge in [0.05, 0.1) is 11.2 Å². The van der Waals surface area contributed by atoms with E-state index in [1.54, 1.807) is 0 Å². The molecule has 1 saturated heterocycles. The number of anilines is 2. The van der Waals surface area contributed by atoms with Gasteiger partial charge >= 0.3 is 0 Å². The van der Waals surface area contributed by atoms with Gasteiger partial charge in [0.15, 0.2) is 0 Å². The zero-order valence-corrected chi connectivity index (χ0v) is 21.3. The number of nitrogens with one attached hydrogen (secondary N) is 1. The van der Waals surface area contributed by atoms with Gasteiger partial charge in [-0.05, 0) is 82.1 Å². The second kappa shape index (κ2) is 10.7. The van der Waals surface area contributed by atoms with Crippen LogP contribution in [0.4, 0.5) is 11.6 Å². The molecule has 7 heteroatoms. The molecule has 180 valence electrons. The van der Waals surface area contributed by atoms with Crippen molar-refractivity contribution in [2.45, 2.75) is 52.0 Å². The molecule has 1 aliphatic heterocycles. The molecule has 1 fully saturated rings. The Morgan fingerprint density at radius 1 is 1.15 bits per heavy atom. The van der Waals surface area contributed by atoms with Crippen LogP contribution in [0.2, 0.25) is 5.02 Å². The zero-order valence-electron chi connectivity index (χ0n) is 20.6. The number of nitrogens with zero attached hydrogens (tertiary/aromatic N) is 4. The van der Waals surface area contributed by atoms with Crippen LogP contribution in [0, 0.1) is 6.92 Å². The lowest BCUT2D eigenvalue weighted by atomic mass is 10.0. The van der Waals surface area contributed by atoms with Gasteiger partial charge in [-0.3, -0.25) is 4.79 Å². The van der Waals surface area contributed by atoms with Crippen LogP contribution >= 0.6 is 11.6 Å². The first-order valence-corrected chi connectivity index (χ1v) is 12.5. The van der Waals surface area contributed by atoms with E-state index in [-0.39, 0.29) is 5.91 Å². The number of piperidine rings is 1. The van der Waals surface area contributed by atoms with Crippen molar-refractivity contribution in [2.75, 3.05) is 37.4 Å². The number of aromatic nitrogens is 2. The summed E-state index contributed by atoms with van der Waals surface area (Å²) in [6.45, 7) is 6.04. The number of benzene rings is 2. The average Bonchev–Trinajstić information content (AvgIpc) is 2.83. The van der Waals surface area contributed by atoms with E-state index in [4.69, 9.17) is 21.6 Å². The fourth-order valence-corrected chi connectivity index (χ4v) is 4.85. The number of hydrogen-bond donors (Lipinski definition) is 1. The molecule has 0 unspecified atom stereocenters. The van der Waals surface area contributed by atoms with E-state index in [1.165, 1.54) is 5.56 Å². The Balaban J connectivity index is 1.41.